The van der Waals surface area contributed by atoms with Gasteiger partial charge >= 0.3 is 0 Å². The predicted octanol–water partition coefficient (Wildman–Crippen LogP) is 4.27. The molecule has 100 valence electrons. The highest BCUT2D eigenvalue weighted by Gasteiger charge is 2.14. The zero-order valence-corrected chi connectivity index (χ0v) is 13.3. The molecule has 4 heteroatoms. The maximum absolute atomic E-state index is 11.6. The zero-order valence-electron chi connectivity index (χ0n) is 11.7. The Balaban J connectivity index is 0.000000659. The number of carbonyl (C=O) groups excluding carboxylic acids is 1. The van der Waals surface area contributed by atoms with Crippen molar-refractivity contribution in [2.45, 2.75) is 34.6 Å². The van der Waals surface area contributed by atoms with Crippen molar-refractivity contribution in [3.63, 3.8) is 0 Å². The van der Waals surface area contributed by atoms with Crippen molar-refractivity contribution < 1.29 is 4.79 Å². The third kappa shape index (κ3) is 3.67. The number of halogens is 1. The van der Waals surface area contributed by atoms with Gasteiger partial charge in [-0.05, 0) is 19.1 Å². The minimum atomic E-state index is 0.0567. The highest BCUT2D eigenvalue weighted by molar-refractivity contribution is 9.09. The van der Waals surface area contributed by atoms with E-state index >= 15 is 0 Å². The lowest BCUT2D eigenvalue weighted by Crippen LogP contribution is -2.05. The van der Waals surface area contributed by atoms with E-state index in [2.05, 4.69) is 20.9 Å². The van der Waals surface area contributed by atoms with Gasteiger partial charge in [0.05, 0.1) is 11.0 Å². The number of hydrogen-bond acceptors (Lipinski definition) is 2. The number of aryl methyl sites for hydroxylation is 1. The van der Waals surface area contributed by atoms with Crippen LogP contribution in [0.4, 0.5) is 0 Å². The van der Waals surface area contributed by atoms with Gasteiger partial charge in [0.25, 0.3) is 0 Å². The molecule has 2 aromatic heterocycles. The number of aromatic nitrogens is 2. The van der Waals surface area contributed by atoms with E-state index in [4.69, 9.17) is 0 Å². The first-order valence-electron chi connectivity index (χ1n) is 6.27. The van der Waals surface area contributed by atoms with Crippen LogP contribution in [0.2, 0.25) is 0 Å². The highest BCUT2D eigenvalue weighted by atomic mass is 79.9. The Morgan fingerprint density at radius 2 is 1.89 bits per heavy atom. The van der Waals surface area contributed by atoms with Gasteiger partial charge in [-0.3, -0.25) is 9.20 Å². The average Bonchev–Trinajstić information content (AvgIpc) is 2.78. The molecule has 2 aromatic rings. The Morgan fingerprint density at radius 1 is 1.28 bits per heavy atom. The zero-order chi connectivity index (χ0) is 14.1. The van der Waals surface area contributed by atoms with E-state index in [1.807, 2.05) is 63.4 Å². The molecule has 0 aromatic carbocycles. The van der Waals surface area contributed by atoms with Gasteiger partial charge in [-0.1, -0.05) is 49.7 Å². The van der Waals surface area contributed by atoms with Crippen molar-refractivity contribution in [3.05, 3.63) is 35.8 Å². The lowest BCUT2D eigenvalue weighted by atomic mass is 10.2. The maximum atomic E-state index is 11.6. The highest BCUT2D eigenvalue weighted by Crippen LogP contribution is 2.12. The Bertz CT molecular complexity index is 491. The summed E-state index contributed by atoms with van der Waals surface area (Å²) in [4.78, 5) is 15.9. The van der Waals surface area contributed by atoms with Crippen LogP contribution in [0.1, 0.15) is 43.9 Å². The van der Waals surface area contributed by atoms with Gasteiger partial charge in [0.2, 0.25) is 0 Å². The summed E-state index contributed by atoms with van der Waals surface area (Å²) >= 11 is 3.17. The predicted molar refractivity (Wildman–Crippen MR) is 80.7 cm³/mol. The number of hydrogen-bond donors (Lipinski definition) is 0. The van der Waals surface area contributed by atoms with Crippen LogP contribution in [0.15, 0.2) is 24.4 Å². The van der Waals surface area contributed by atoms with Crippen molar-refractivity contribution >= 4 is 27.4 Å². The summed E-state index contributed by atoms with van der Waals surface area (Å²) in [5.41, 5.74) is 2.26. The molecular weight excluding hydrogens is 292 g/mol. The molecule has 0 N–H and O–H groups in total. The van der Waals surface area contributed by atoms with Gasteiger partial charge in [0.1, 0.15) is 11.3 Å². The van der Waals surface area contributed by atoms with Crippen molar-refractivity contribution in [3.8, 4) is 0 Å². The molecule has 0 aliphatic carbocycles. The molecular formula is C14H21BrN2O. The maximum Gasteiger partial charge on any atom is 0.191 e. The number of imidazole rings is 1. The third-order valence-electron chi connectivity index (χ3n) is 2.09. The smallest absolute Gasteiger partial charge is 0.191 e. The molecule has 18 heavy (non-hydrogen) atoms. The first kappa shape index (κ1) is 16.8. The summed E-state index contributed by atoms with van der Waals surface area (Å²) in [5.74, 6) is 0.0567. The summed E-state index contributed by atoms with van der Waals surface area (Å²) in [6, 6.07) is 5.68. The monoisotopic (exact) mass is 312 g/mol. The van der Waals surface area contributed by atoms with Crippen molar-refractivity contribution in [1.29, 1.82) is 0 Å². The van der Waals surface area contributed by atoms with E-state index in [9.17, 15) is 4.79 Å². The third-order valence-corrected chi connectivity index (χ3v) is 2.60. The fraction of sp³-hybridized carbons (Fsp3) is 0.429. The molecule has 0 aliphatic heterocycles. The first-order valence-corrected chi connectivity index (χ1v) is 7.39. The number of alkyl halides is 1. The second-order valence-corrected chi connectivity index (χ2v) is 3.59. The largest absolute Gasteiger partial charge is 0.297 e. The molecule has 0 fully saturated rings. The normalized spacial score (nSPS) is 9.00. The van der Waals surface area contributed by atoms with Crippen LogP contribution in [0.3, 0.4) is 0 Å². The van der Waals surface area contributed by atoms with Gasteiger partial charge in [-0.15, -0.1) is 0 Å². The fourth-order valence-electron chi connectivity index (χ4n) is 1.51. The van der Waals surface area contributed by atoms with Gasteiger partial charge in [-0.25, -0.2) is 4.98 Å². The summed E-state index contributed by atoms with van der Waals surface area (Å²) < 4.78 is 1.82. The van der Waals surface area contributed by atoms with Crippen molar-refractivity contribution in [2.75, 3.05) is 5.33 Å². The van der Waals surface area contributed by atoms with Crippen LogP contribution in [0, 0.1) is 6.92 Å². The molecule has 0 saturated heterocycles. The van der Waals surface area contributed by atoms with Gasteiger partial charge in [-0.2, -0.15) is 0 Å². The molecule has 0 unspecified atom stereocenters. The molecule has 0 saturated carbocycles. The number of Topliss-reactive ketones (excluding diaryl/α,β-unsaturated/α-hetero) is 1. The van der Waals surface area contributed by atoms with E-state index in [1.54, 1.807) is 0 Å². The lowest BCUT2D eigenvalue weighted by Gasteiger charge is -1.98. The second kappa shape index (κ2) is 8.86. The van der Waals surface area contributed by atoms with Crippen LogP contribution in [-0.4, -0.2) is 20.5 Å². The number of rotatable bonds is 2. The van der Waals surface area contributed by atoms with Gasteiger partial charge in [0, 0.05) is 6.20 Å². The van der Waals surface area contributed by atoms with E-state index < -0.39 is 0 Å². The summed E-state index contributed by atoms with van der Waals surface area (Å²) in [5, 5.41) is 0.330. The molecule has 0 spiro atoms. The fourth-order valence-corrected chi connectivity index (χ4v) is 1.78. The Hall–Kier alpha value is -1.16. The molecule has 0 aliphatic rings. The van der Waals surface area contributed by atoms with Crippen LogP contribution >= 0.6 is 15.9 Å². The summed E-state index contributed by atoms with van der Waals surface area (Å²) in [7, 11) is 0. The number of pyridine rings is 1. The van der Waals surface area contributed by atoms with E-state index in [0.717, 1.165) is 11.3 Å². The molecule has 0 amide bonds. The quantitative estimate of drug-likeness (QED) is 0.613. The van der Waals surface area contributed by atoms with Crippen LogP contribution in [-0.2, 0) is 0 Å². The first-order chi connectivity index (χ1) is 8.74. The van der Waals surface area contributed by atoms with E-state index in [1.165, 1.54) is 0 Å². The Morgan fingerprint density at radius 3 is 2.44 bits per heavy atom. The van der Waals surface area contributed by atoms with Gasteiger partial charge in [0.15, 0.2) is 5.78 Å². The molecule has 2 rings (SSSR count). The van der Waals surface area contributed by atoms with E-state index in [-0.39, 0.29) is 5.78 Å². The van der Waals surface area contributed by atoms with Crippen molar-refractivity contribution in [2.24, 2.45) is 0 Å². The molecule has 0 bridgehead atoms. The van der Waals surface area contributed by atoms with E-state index in [0.29, 0.717) is 11.0 Å². The molecule has 0 radical (unpaired) electrons. The number of ketones is 1. The summed E-state index contributed by atoms with van der Waals surface area (Å²) in [6.45, 7) is 9.85. The Kier molecular flexibility index (Phi) is 8.29. The van der Waals surface area contributed by atoms with Gasteiger partial charge < -0.3 is 0 Å². The minimum absolute atomic E-state index is 0.0567. The minimum Gasteiger partial charge on any atom is -0.297 e. The lowest BCUT2D eigenvalue weighted by molar-refractivity contribution is 0.101. The standard InChI is InChI=1S/C10H9BrN2O.2C2H6/c1-7-10(8(14)6-11)13-5-3-2-4-9(13)12-7;2*1-2/h2-5H,6H2,1H3;2*1-2H3. The average molecular weight is 313 g/mol. The van der Waals surface area contributed by atoms with Crippen molar-refractivity contribution in [1.82, 2.24) is 9.38 Å². The van der Waals surface area contributed by atoms with Crippen LogP contribution < -0.4 is 0 Å². The topological polar surface area (TPSA) is 34.4 Å². The number of nitrogens with zero attached hydrogens (tertiary/aromatic N) is 2. The SMILES string of the molecule is CC.CC.Cc1nc2ccccn2c1C(=O)CBr. The molecule has 3 nitrogen and oxygen atoms in total. The number of fused-ring (bicyclic) bond motifs is 1. The number of carbonyl (C=O) groups is 1. The summed E-state index contributed by atoms with van der Waals surface area (Å²) in [6.07, 6.45) is 1.85. The Labute approximate surface area is 117 Å². The molecule has 0 atom stereocenters. The second-order valence-electron chi connectivity index (χ2n) is 3.03. The molecule has 2 heterocycles. The van der Waals surface area contributed by atoms with Crippen LogP contribution in [0.5, 0.6) is 0 Å². The van der Waals surface area contributed by atoms with Crippen LogP contribution in [0.25, 0.3) is 5.65 Å².